The van der Waals surface area contributed by atoms with Gasteiger partial charge in [0.1, 0.15) is 0 Å². The average molecular weight is 209 g/mol. The maximum atomic E-state index is 9.43. The SMILES string of the molecule is CCC(CO)(COC)Nc1ccccc1. The number of aliphatic hydroxyl groups excluding tert-OH is 1. The molecule has 2 N–H and O–H groups in total. The number of hydrogen-bond acceptors (Lipinski definition) is 3. The van der Waals surface area contributed by atoms with Crippen molar-refractivity contribution in [3.63, 3.8) is 0 Å². The third kappa shape index (κ3) is 3.22. The van der Waals surface area contributed by atoms with Gasteiger partial charge in [0.05, 0.1) is 18.8 Å². The fourth-order valence-electron chi connectivity index (χ4n) is 1.53. The van der Waals surface area contributed by atoms with Crippen LogP contribution < -0.4 is 5.32 Å². The molecule has 3 heteroatoms. The van der Waals surface area contributed by atoms with Crippen molar-refractivity contribution in [2.24, 2.45) is 0 Å². The first-order valence-electron chi connectivity index (χ1n) is 5.19. The van der Waals surface area contributed by atoms with Crippen LogP contribution in [0.2, 0.25) is 0 Å². The smallest absolute Gasteiger partial charge is 0.0834 e. The fourth-order valence-corrected chi connectivity index (χ4v) is 1.53. The Labute approximate surface area is 91.1 Å². The van der Waals surface area contributed by atoms with Gasteiger partial charge in [-0.2, -0.15) is 0 Å². The minimum atomic E-state index is -0.379. The first-order chi connectivity index (χ1) is 7.26. The summed E-state index contributed by atoms with van der Waals surface area (Å²) >= 11 is 0. The maximum absolute atomic E-state index is 9.43. The van der Waals surface area contributed by atoms with Gasteiger partial charge in [-0.3, -0.25) is 0 Å². The quantitative estimate of drug-likeness (QED) is 0.751. The zero-order chi connectivity index (χ0) is 11.1. The van der Waals surface area contributed by atoms with Crippen LogP contribution in [0.1, 0.15) is 13.3 Å². The molecule has 0 saturated carbocycles. The van der Waals surface area contributed by atoms with Crippen LogP contribution in [0, 0.1) is 0 Å². The number of methoxy groups -OCH3 is 1. The molecule has 1 atom stereocenters. The summed E-state index contributed by atoms with van der Waals surface area (Å²) in [6.45, 7) is 2.59. The molecule has 0 radical (unpaired) electrons. The zero-order valence-corrected chi connectivity index (χ0v) is 9.36. The van der Waals surface area contributed by atoms with Gasteiger partial charge < -0.3 is 15.2 Å². The summed E-state index contributed by atoms with van der Waals surface area (Å²) in [4.78, 5) is 0. The van der Waals surface area contributed by atoms with E-state index in [0.717, 1.165) is 12.1 Å². The maximum Gasteiger partial charge on any atom is 0.0834 e. The second-order valence-corrected chi connectivity index (χ2v) is 3.72. The van der Waals surface area contributed by atoms with E-state index >= 15 is 0 Å². The number of rotatable bonds is 6. The fraction of sp³-hybridized carbons (Fsp3) is 0.500. The largest absolute Gasteiger partial charge is 0.394 e. The van der Waals surface area contributed by atoms with Gasteiger partial charge in [0, 0.05) is 12.8 Å². The lowest BCUT2D eigenvalue weighted by molar-refractivity contribution is 0.0962. The van der Waals surface area contributed by atoms with E-state index < -0.39 is 0 Å². The van der Waals surface area contributed by atoms with Gasteiger partial charge >= 0.3 is 0 Å². The predicted molar refractivity (Wildman–Crippen MR) is 62.0 cm³/mol. The lowest BCUT2D eigenvalue weighted by atomic mass is 9.98. The Morgan fingerprint density at radius 2 is 2.00 bits per heavy atom. The van der Waals surface area contributed by atoms with Crippen LogP contribution in [0.5, 0.6) is 0 Å². The van der Waals surface area contributed by atoms with Gasteiger partial charge in [-0.25, -0.2) is 0 Å². The van der Waals surface area contributed by atoms with Crippen molar-refractivity contribution < 1.29 is 9.84 Å². The Hall–Kier alpha value is -1.06. The number of para-hydroxylation sites is 1. The summed E-state index contributed by atoms with van der Waals surface area (Å²) in [5, 5.41) is 12.7. The summed E-state index contributed by atoms with van der Waals surface area (Å²) in [6.07, 6.45) is 0.812. The van der Waals surface area contributed by atoms with Crippen molar-refractivity contribution in [1.29, 1.82) is 0 Å². The molecule has 0 amide bonds. The van der Waals surface area contributed by atoms with E-state index in [-0.39, 0.29) is 12.1 Å². The van der Waals surface area contributed by atoms with Crippen molar-refractivity contribution in [3.8, 4) is 0 Å². The van der Waals surface area contributed by atoms with Crippen molar-refractivity contribution in [1.82, 2.24) is 0 Å². The summed E-state index contributed by atoms with van der Waals surface area (Å²) in [7, 11) is 1.65. The van der Waals surface area contributed by atoms with Crippen LogP contribution in [0.25, 0.3) is 0 Å². The van der Waals surface area contributed by atoms with Gasteiger partial charge in [0.2, 0.25) is 0 Å². The topological polar surface area (TPSA) is 41.5 Å². The molecule has 1 aromatic carbocycles. The highest BCUT2D eigenvalue weighted by Crippen LogP contribution is 2.18. The van der Waals surface area contributed by atoms with E-state index in [4.69, 9.17) is 4.74 Å². The van der Waals surface area contributed by atoms with Crippen molar-refractivity contribution in [2.75, 3.05) is 25.6 Å². The van der Waals surface area contributed by atoms with E-state index in [0.29, 0.717) is 6.61 Å². The highest BCUT2D eigenvalue weighted by molar-refractivity contribution is 5.45. The van der Waals surface area contributed by atoms with Gasteiger partial charge in [0.25, 0.3) is 0 Å². The Bertz CT molecular complexity index is 270. The van der Waals surface area contributed by atoms with Crippen molar-refractivity contribution >= 4 is 5.69 Å². The van der Waals surface area contributed by atoms with E-state index in [1.165, 1.54) is 0 Å². The number of hydrogen-bond donors (Lipinski definition) is 2. The molecule has 3 nitrogen and oxygen atoms in total. The highest BCUT2D eigenvalue weighted by Gasteiger charge is 2.26. The number of ether oxygens (including phenoxy) is 1. The Morgan fingerprint density at radius 1 is 1.33 bits per heavy atom. The molecule has 0 spiro atoms. The van der Waals surface area contributed by atoms with E-state index in [2.05, 4.69) is 5.32 Å². The molecule has 0 aliphatic carbocycles. The van der Waals surface area contributed by atoms with Crippen molar-refractivity contribution in [2.45, 2.75) is 18.9 Å². The summed E-state index contributed by atoms with van der Waals surface area (Å²) < 4.78 is 5.14. The Morgan fingerprint density at radius 3 is 2.47 bits per heavy atom. The summed E-state index contributed by atoms with van der Waals surface area (Å²) in [5.74, 6) is 0. The van der Waals surface area contributed by atoms with Crippen LogP contribution >= 0.6 is 0 Å². The average Bonchev–Trinajstić information content (AvgIpc) is 2.30. The lowest BCUT2D eigenvalue weighted by Crippen LogP contribution is -2.45. The predicted octanol–water partition coefficient (Wildman–Crippen LogP) is 1.89. The van der Waals surface area contributed by atoms with Crippen molar-refractivity contribution in [3.05, 3.63) is 30.3 Å². The molecule has 0 aliphatic rings. The summed E-state index contributed by atoms with van der Waals surface area (Å²) in [6, 6.07) is 9.86. The first kappa shape index (κ1) is 12.0. The molecular formula is C12H19NO2. The lowest BCUT2D eigenvalue weighted by Gasteiger charge is -2.32. The molecule has 0 saturated heterocycles. The summed E-state index contributed by atoms with van der Waals surface area (Å²) in [5.41, 5.74) is 0.626. The van der Waals surface area contributed by atoms with Gasteiger partial charge in [0.15, 0.2) is 0 Å². The minimum absolute atomic E-state index is 0.0617. The number of aliphatic hydroxyl groups is 1. The van der Waals surface area contributed by atoms with Gasteiger partial charge in [-0.05, 0) is 18.6 Å². The molecule has 1 aromatic rings. The van der Waals surface area contributed by atoms with Crippen LogP contribution in [-0.4, -0.2) is 31.0 Å². The number of anilines is 1. The van der Waals surface area contributed by atoms with Crippen LogP contribution in [0.4, 0.5) is 5.69 Å². The molecule has 0 aliphatic heterocycles. The van der Waals surface area contributed by atoms with Crippen LogP contribution in [0.3, 0.4) is 0 Å². The molecule has 0 fully saturated rings. The van der Waals surface area contributed by atoms with Crippen LogP contribution in [0.15, 0.2) is 30.3 Å². The molecule has 0 heterocycles. The third-order valence-corrected chi connectivity index (χ3v) is 2.58. The van der Waals surface area contributed by atoms with E-state index in [1.807, 2.05) is 37.3 Å². The molecule has 15 heavy (non-hydrogen) atoms. The standard InChI is InChI=1S/C12H19NO2/c1-3-12(9-14,10-15-2)13-11-7-5-4-6-8-11/h4-8,13-14H,3,9-10H2,1-2H3. The molecule has 1 unspecified atom stereocenters. The highest BCUT2D eigenvalue weighted by atomic mass is 16.5. The third-order valence-electron chi connectivity index (χ3n) is 2.58. The minimum Gasteiger partial charge on any atom is -0.394 e. The zero-order valence-electron chi connectivity index (χ0n) is 9.36. The van der Waals surface area contributed by atoms with Gasteiger partial charge in [-0.1, -0.05) is 25.1 Å². The number of benzene rings is 1. The van der Waals surface area contributed by atoms with Gasteiger partial charge in [-0.15, -0.1) is 0 Å². The van der Waals surface area contributed by atoms with E-state index in [1.54, 1.807) is 7.11 Å². The molecule has 1 rings (SSSR count). The monoisotopic (exact) mass is 209 g/mol. The number of nitrogens with one attached hydrogen (secondary N) is 1. The first-order valence-corrected chi connectivity index (χ1v) is 5.19. The molecular weight excluding hydrogens is 190 g/mol. The van der Waals surface area contributed by atoms with Crippen LogP contribution in [-0.2, 0) is 4.74 Å². The van der Waals surface area contributed by atoms with E-state index in [9.17, 15) is 5.11 Å². The Kier molecular flexibility index (Phi) is 4.59. The normalized spacial score (nSPS) is 14.6. The second kappa shape index (κ2) is 5.73. The molecule has 0 aromatic heterocycles. The second-order valence-electron chi connectivity index (χ2n) is 3.72. The molecule has 84 valence electrons. The Balaban J connectivity index is 2.74. The molecule has 0 bridgehead atoms.